The van der Waals surface area contributed by atoms with Gasteiger partial charge in [-0.3, -0.25) is 9.52 Å². The van der Waals surface area contributed by atoms with Gasteiger partial charge >= 0.3 is 0 Å². The van der Waals surface area contributed by atoms with Crippen LogP contribution in [0.2, 0.25) is 0 Å². The fraction of sp³-hybridized carbons (Fsp3) is 0.269. The summed E-state index contributed by atoms with van der Waals surface area (Å²) < 4.78 is 34.4. The van der Waals surface area contributed by atoms with Crippen molar-refractivity contribution in [1.29, 1.82) is 0 Å². The topological polar surface area (TPSA) is 84.5 Å². The van der Waals surface area contributed by atoms with Crippen LogP contribution in [0.1, 0.15) is 52.5 Å². The first kappa shape index (κ1) is 24.3. The fourth-order valence-electron chi connectivity index (χ4n) is 3.47. The molecule has 1 amide bonds. The van der Waals surface area contributed by atoms with Crippen LogP contribution < -0.4 is 14.8 Å². The van der Waals surface area contributed by atoms with Crippen LogP contribution in [0.15, 0.2) is 65.6 Å². The summed E-state index contributed by atoms with van der Waals surface area (Å²) in [6, 6.07) is 17.4. The van der Waals surface area contributed by atoms with Crippen molar-refractivity contribution in [2.75, 3.05) is 11.3 Å². The van der Waals surface area contributed by atoms with Gasteiger partial charge in [-0.15, -0.1) is 0 Å². The third-order valence-corrected chi connectivity index (χ3v) is 7.14. The molecule has 3 aromatic rings. The van der Waals surface area contributed by atoms with Crippen LogP contribution in [-0.2, 0) is 10.0 Å². The molecule has 1 atom stereocenters. The van der Waals surface area contributed by atoms with Crippen LogP contribution in [0.3, 0.4) is 0 Å². The number of rotatable bonds is 8. The molecule has 0 aliphatic rings. The Kier molecular flexibility index (Phi) is 7.43. The largest absolute Gasteiger partial charge is 0.494 e. The molecule has 7 heteroatoms. The normalized spacial score (nSPS) is 12.2. The van der Waals surface area contributed by atoms with Crippen LogP contribution in [0.5, 0.6) is 5.75 Å². The Bertz CT molecular complexity index is 1250. The molecule has 6 nitrogen and oxygen atoms in total. The minimum absolute atomic E-state index is 0.0739. The van der Waals surface area contributed by atoms with Crippen molar-refractivity contribution in [3.8, 4) is 5.75 Å². The summed E-state index contributed by atoms with van der Waals surface area (Å²) in [7, 11) is -3.87. The highest BCUT2D eigenvalue weighted by Crippen LogP contribution is 2.25. The molecule has 0 aliphatic carbocycles. The van der Waals surface area contributed by atoms with Crippen LogP contribution in [-0.4, -0.2) is 20.9 Å². The quantitative estimate of drug-likeness (QED) is 0.472. The zero-order valence-corrected chi connectivity index (χ0v) is 20.4. The van der Waals surface area contributed by atoms with Crippen molar-refractivity contribution in [1.82, 2.24) is 5.32 Å². The van der Waals surface area contributed by atoms with Crippen LogP contribution in [0, 0.1) is 20.8 Å². The standard InChI is InChI=1S/C26H30N2O4S/c1-6-32-23-14-12-21(13-15-23)20(5)27-26(29)22-11-10-18(3)25(16-22)33(30,31)28-24-9-7-8-17(2)19(24)4/h7-16,20,28H,6H2,1-5H3,(H,27,29)/t20-/m0/s1. The zero-order chi connectivity index (χ0) is 24.2. The Hall–Kier alpha value is -3.32. The molecule has 33 heavy (non-hydrogen) atoms. The summed E-state index contributed by atoms with van der Waals surface area (Å²) in [5.41, 5.74) is 4.13. The van der Waals surface area contributed by atoms with Crippen molar-refractivity contribution in [3.63, 3.8) is 0 Å². The average Bonchev–Trinajstić information content (AvgIpc) is 2.77. The van der Waals surface area contributed by atoms with Crippen molar-refractivity contribution in [2.45, 2.75) is 45.6 Å². The van der Waals surface area contributed by atoms with Gasteiger partial charge in [0.15, 0.2) is 0 Å². The van der Waals surface area contributed by atoms with E-state index in [9.17, 15) is 13.2 Å². The second kappa shape index (κ2) is 10.1. The molecule has 0 unspecified atom stereocenters. The van der Waals surface area contributed by atoms with E-state index < -0.39 is 10.0 Å². The second-order valence-corrected chi connectivity index (χ2v) is 9.68. The maximum absolute atomic E-state index is 13.1. The summed E-state index contributed by atoms with van der Waals surface area (Å²) in [5, 5.41) is 2.93. The number of amides is 1. The monoisotopic (exact) mass is 466 g/mol. The highest BCUT2D eigenvalue weighted by molar-refractivity contribution is 7.92. The fourth-order valence-corrected chi connectivity index (χ4v) is 4.87. The summed E-state index contributed by atoms with van der Waals surface area (Å²) in [4.78, 5) is 13.0. The van der Waals surface area contributed by atoms with Gasteiger partial charge < -0.3 is 10.1 Å². The van der Waals surface area contributed by atoms with E-state index in [2.05, 4.69) is 10.0 Å². The first-order valence-corrected chi connectivity index (χ1v) is 12.3. The van der Waals surface area contributed by atoms with Gasteiger partial charge in [-0.25, -0.2) is 8.42 Å². The molecule has 0 bridgehead atoms. The highest BCUT2D eigenvalue weighted by atomic mass is 32.2. The number of carbonyl (C=O) groups excluding carboxylic acids is 1. The predicted octanol–water partition coefficient (Wildman–Crippen LogP) is 5.30. The number of anilines is 1. The van der Waals surface area contributed by atoms with Gasteiger partial charge in [0, 0.05) is 5.56 Å². The molecular weight excluding hydrogens is 436 g/mol. The van der Waals surface area contributed by atoms with Gasteiger partial charge in [0.05, 0.1) is 23.2 Å². The Labute approximate surface area is 196 Å². The number of sulfonamides is 1. The second-order valence-electron chi connectivity index (χ2n) is 8.03. The Morgan fingerprint density at radius 2 is 1.67 bits per heavy atom. The Morgan fingerprint density at radius 1 is 0.970 bits per heavy atom. The minimum atomic E-state index is -3.87. The van der Waals surface area contributed by atoms with E-state index >= 15 is 0 Å². The van der Waals surface area contributed by atoms with E-state index in [4.69, 9.17) is 4.74 Å². The maximum atomic E-state index is 13.1. The highest BCUT2D eigenvalue weighted by Gasteiger charge is 2.21. The van der Waals surface area contributed by atoms with E-state index in [1.807, 2.05) is 58.0 Å². The molecule has 0 spiro atoms. The number of benzene rings is 3. The van der Waals surface area contributed by atoms with E-state index in [1.165, 1.54) is 6.07 Å². The number of ether oxygens (including phenoxy) is 1. The number of hydrogen-bond acceptors (Lipinski definition) is 4. The molecule has 0 radical (unpaired) electrons. The van der Waals surface area contributed by atoms with Gasteiger partial charge in [-0.2, -0.15) is 0 Å². The first-order valence-electron chi connectivity index (χ1n) is 10.9. The first-order chi connectivity index (χ1) is 15.6. The molecule has 174 valence electrons. The molecular formula is C26H30N2O4S. The number of hydrogen-bond donors (Lipinski definition) is 2. The molecule has 0 fully saturated rings. The summed E-state index contributed by atoms with van der Waals surface area (Å²) in [6.45, 7) is 9.89. The van der Waals surface area contributed by atoms with Gasteiger partial charge in [0.1, 0.15) is 5.75 Å². The minimum Gasteiger partial charge on any atom is -0.494 e. The van der Waals surface area contributed by atoms with Crippen molar-refractivity contribution >= 4 is 21.6 Å². The summed E-state index contributed by atoms with van der Waals surface area (Å²) in [5.74, 6) is 0.420. The van der Waals surface area contributed by atoms with E-state index in [0.717, 1.165) is 22.4 Å². The number of nitrogens with one attached hydrogen (secondary N) is 2. The molecule has 0 aromatic heterocycles. The lowest BCUT2D eigenvalue weighted by atomic mass is 10.1. The number of carbonyl (C=O) groups is 1. The molecule has 0 saturated carbocycles. The third-order valence-electron chi connectivity index (χ3n) is 5.63. The molecule has 3 rings (SSSR count). The van der Waals surface area contributed by atoms with E-state index in [-0.39, 0.29) is 22.4 Å². The lowest BCUT2D eigenvalue weighted by molar-refractivity contribution is 0.0939. The van der Waals surface area contributed by atoms with Gasteiger partial charge in [0.25, 0.3) is 15.9 Å². The van der Waals surface area contributed by atoms with E-state index in [1.54, 1.807) is 31.2 Å². The van der Waals surface area contributed by atoms with E-state index in [0.29, 0.717) is 17.9 Å². The van der Waals surface area contributed by atoms with Crippen molar-refractivity contribution in [2.24, 2.45) is 0 Å². The molecule has 3 aromatic carbocycles. The zero-order valence-electron chi connectivity index (χ0n) is 19.6. The Balaban J connectivity index is 1.81. The number of aryl methyl sites for hydroxylation is 2. The lowest BCUT2D eigenvalue weighted by Gasteiger charge is -2.17. The van der Waals surface area contributed by atoms with Gasteiger partial charge in [-0.05, 0) is 87.2 Å². The van der Waals surface area contributed by atoms with Gasteiger partial charge in [0.2, 0.25) is 0 Å². The summed E-state index contributed by atoms with van der Waals surface area (Å²) in [6.07, 6.45) is 0. The van der Waals surface area contributed by atoms with Crippen LogP contribution in [0.25, 0.3) is 0 Å². The van der Waals surface area contributed by atoms with Crippen LogP contribution in [0.4, 0.5) is 5.69 Å². The summed E-state index contributed by atoms with van der Waals surface area (Å²) >= 11 is 0. The molecule has 0 saturated heterocycles. The smallest absolute Gasteiger partial charge is 0.262 e. The molecule has 0 aliphatic heterocycles. The molecule has 2 N–H and O–H groups in total. The lowest BCUT2D eigenvalue weighted by Crippen LogP contribution is -2.27. The predicted molar refractivity (Wildman–Crippen MR) is 131 cm³/mol. The van der Waals surface area contributed by atoms with Crippen molar-refractivity contribution < 1.29 is 17.9 Å². The molecule has 0 heterocycles. The van der Waals surface area contributed by atoms with Gasteiger partial charge in [-0.1, -0.05) is 30.3 Å². The van der Waals surface area contributed by atoms with Crippen LogP contribution >= 0.6 is 0 Å². The van der Waals surface area contributed by atoms with Crippen molar-refractivity contribution in [3.05, 3.63) is 88.5 Å². The average molecular weight is 467 g/mol. The SMILES string of the molecule is CCOc1ccc([C@H](C)NC(=O)c2ccc(C)c(S(=O)(=O)Nc3cccc(C)c3C)c2)cc1. The Morgan fingerprint density at radius 3 is 2.33 bits per heavy atom. The maximum Gasteiger partial charge on any atom is 0.262 e. The third kappa shape index (κ3) is 5.73.